The van der Waals surface area contributed by atoms with Gasteiger partial charge >= 0.3 is 6.03 Å². The van der Waals surface area contributed by atoms with Crippen LogP contribution in [0.4, 0.5) is 4.79 Å². The van der Waals surface area contributed by atoms with Crippen molar-refractivity contribution in [3.63, 3.8) is 0 Å². The maximum absolute atomic E-state index is 11.4. The Morgan fingerprint density at radius 1 is 1.44 bits per heavy atom. The highest BCUT2D eigenvalue weighted by atomic mass is 16.2. The minimum Gasteiger partial charge on any atom is -0.336 e. The molecule has 1 saturated carbocycles. The van der Waals surface area contributed by atoms with E-state index in [4.69, 9.17) is 5.73 Å². The van der Waals surface area contributed by atoms with Crippen molar-refractivity contribution in [3.8, 4) is 0 Å². The second kappa shape index (κ2) is 5.50. The lowest BCUT2D eigenvalue weighted by molar-refractivity contribution is 0.120. The molecule has 5 nitrogen and oxygen atoms in total. The van der Waals surface area contributed by atoms with Crippen molar-refractivity contribution in [3.05, 3.63) is 0 Å². The van der Waals surface area contributed by atoms with Gasteiger partial charge in [0.05, 0.1) is 0 Å². The molecule has 0 radical (unpaired) electrons. The molecule has 2 fully saturated rings. The molecule has 1 aliphatic heterocycles. The summed E-state index contributed by atoms with van der Waals surface area (Å²) in [7, 11) is 0. The quantitative estimate of drug-likeness (QED) is 0.661. The monoisotopic (exact) mass is 226 g/mol. The zero-order valence-electron chi connectivity index (χ0n) is 9.82. The van der Waals surface area contributed by atoms with Gasteiger partial charge < -0.3 is 16.0 Å². The van der Waals surface area contributed by atoms with Crippen LogP contribution in [0.1, 0.15) is 19.3 Å². The first-order chi connectivity index (χ1) is 7.81. The van der Waals surface area contributed by atoms with Gasteiger partial charge in [0.2, 0.25) is 0 Å². The normalized spacial score (nSPS) is 21.4. The maximum Gasteiger partial charge on any atom is 0.317 e. The summed E-state index contributed by atoms with van der Waals surface area (Å²) < 4.78 is 0. The number of amides is 2. The van der Waals surface area contributed by atoms with Gasteiger partial charge in [-0.3, -0.25) is 4.90 Å². The van der Waals surface area contributed by atoms with Crippen molar-refractivity contribution in [2.45, 2.75) is 25.3 Å². The van der Waals surface area contributed by atoms with Crippen LogP contribution in [-0.2, 0) is 0 Å². The van der Waals surface area contributed by atoms with Gasteiger partial charge in [-0.1, -0.05) is 6.42 Å². The maximum atomic E-state index is 11.4. The average molecular weight is 226 g/mol. The molecule has 0 bridgehead atoms. The lowest BCUT2D eigenvalue weighted by Gasteiger charge is -2.38. The third kappa shape index (κ3) is 2.65. The van der Waals surface area contributed by atoms with Crippen LogP contribution in [-0.4, -0.2) is 61.1 Å². The molecule has 0 aromatic carbocycles. The first-order valence-corrected chi connectivity index (χ1v) is 6.28. The van der Waals surface area contributed by atoms with Crippen LogP contribution in [0.5, 0.6) is 0 Å². The summed E-state index contributed by atoms with van der Waals surface area (Å²) in [5.41, 5.74) is 5.62. The minimum absolute atomic E-state index is 0.0845. The van der Waals surface area contributed by atoms with Gasteiger partial charge in [-0.15, -0.1) is 0 Å². The zero-order chi connectivity index (χ0) is 11.4. The average Bonchev–Trinajstić information content (AvgIpc) is 2.58. The third-order valence-electron chi connectivity index (χ3n) is 3.61. The Hall–Kier alpha value is -0.810. The Kier molecular flexibility index (Phi) is 4.01. The van der Waals surface area contributed by atoms with Crippen molar-refractivity contribution in [1.82, 2.24) is 15.1 Å². The Morgan fingerprint density at radius 3 is 2.75 bits per heavy atom. The van der Waals surface area contributed by atoms with E-state index in [2.05, 4.69) is 10.2 Å². The van der Waals surface area contributed by atoms with E-state index in [1.165, 1.54) is 19.3 Å². The van der Waals surface area contributed by atoms with Gasteiger partial charge in [0.25, 0.3) is 0 Å². The molecule has 16 heavy (non-hydrogen) atoms. The third-order valence-corrected chi connectivity index (χ3v) is 3.61. The van der Waals surface area contributed by atoms with Crippen molar-refractivity contribution in [2.75, 3.05) is 39.3 Å². The Morgan fingerprint density at radius 2 is 2.25 bits per heavy atom. The molecule has 3 N–H and O–H groups in total. The fourth-order valence-electron chi connectivity index (χ4n) is 2.37. The number of rotatable bonds is 6. The molecule has 0 aromatic rings. The Balaban J connectivity index is 1.74. The topological polar surface area (TPSA) is 61.6 Å². The Labute approximate surface area is 96.9 Å². The number of nitrogens with one attached hydrogen (secondary N) is 1. The van der Waals surface area contributed by atoms with Crippen molar-refractivity contribution in [2.24, 2.45) is 5.73 Å². The van der Waals surface area contributed by atoms with E-state index in [0.29, 0.717) is 12.6 Å². The van der Waals surface area contributed by atoms with Crippen LogP contribution in [0, 0.1) is 0 Å². The second-order valence-electron chi connectivity index (χ2n) is 4.63. The summed E-state index contributed by atoms with van der Waals surface area (Å²) in [5.74, 6) is 0. The number of urea groups is 1. The molecule has 2 amide bonds. The molecular formula is C11H22N4O. The van der Waals surface area contributed by atoms with Gasteiger partial charge in [0.15, 0.2) is 0 Å². The van der Waals surface area contributed by atoms with Crippen LogP contribution < -0.4 is 11.1 Å². The second-order valence-corrected chi connectivity index (χ2v) is 4.63. The number of carbonyl (C=O) groups is 1. The van der Waals surface area contributed by atoms with Crippen molar-refractivity contribution < 1.29 is 4.79 Å². The highest BCUT2D eigenvalue weighted by molar-refractivity contribution is 5.76. The van der Waals surface area contributed by atoms with Gasteiger partial charge in [-0.05, 0) is 12.8 Å². The predicted octanol–water partition coefficient (Wildman–Crippen LogP) is -0.175. The number of nitrogens with two attached hydrogens (primary N) is 1. The minimum atomic E-state index is 0.0845. The number of carbonyl (C=O) groups excluding carboxylic acids is 1. The number of hydrogen-bond donors (Lipinski definition) is 2. The van der Waals surface area contributed by atoms with Gasteiger partial charge in [0, 0.05) is 45.3 Å². The zero-order valence-corrected chi connectivity index (χ0v) is 9.82. The summed E-state index contributed by atoms with van der Waals surface area (Å²) in [6, 6.07) is 0.801. The first kappa shape index (κ1) is 11.7. The summed E-state index contributed by atoms with van der Waals surface area (Å²) in [6.07, 6.45) is 3.94. The van der Waals surface area contributed by atoms with Crippen LogP contribution in [0.3, 0.4) is 0 Å². The molecule has 0 atom stereocenters. The van der Waals surface area contributed by atoms with Crippen molar-refractivity contribution in [1.29, 1.82) is 0 Å². The highest BCUT2D eigenvalue weighted by Gasteiger charge is 2.26. The van der Waals surface area contributed by atoms with E-state index in [-0.39, 0.29) is 6.03 Å². The SMILES string of the molecule is NCCN(CCN1CCNC1=O)C1CCC1. The van der Waals surface area contributed by atoms with E-state index in [1.54, 1.807) is 0 Å². The molecular weight excluding hydrogens is 204 g/mol. The smallest absolute Gasteiger partial charge is 0.317 e. The lowest BCUT2D eigenvalue weighted by atomic mass is 9.91. The van der Waals surface area contributed by atoms with Crippen LogP contribution in [0.2, 0.25) is 0 Å². The summed E-state index contributed by atoms with van der Waals surface area (Å²) >= 11 is 0. The number of nitrogens with zero attached hydrogens (tertiary/aromatic N) is 2. The van der Waals surface area contributed by atoms with Crippen LogP contribution in [0.25, 0.3) is 0 Å². The largest absolute Gasteiger partial charge is 0.336 e. The summed E-state index contributed by atoms with van der Waals surface area (Å²) in [4.78, 5) is 15.7. The van der Waals surface area contributed by atoms with Gasteiger partial charge in [-0.25, -0.2) is 4.79 Å². The molecule has 92 valence electrons. The fraction of sp³-hybridized carbons (Fsp3) is 0.909. The highest BCUT2D eigenvalue weighted by Crippen LogP contribution is 2.24. The van der Waals surface area contributed by atoms with E-state index < -0.39 is 0 Å². The van der Waals surface area contributed by atoms with Crippen LogP contribution >= 0.6 is 0 Å². The number of hydrogen-bond acceptors (Lipinski definition) is 3. The van der Waals surface area contributed by atoms with E-state index >= 15 is 0 Å². The standard InChI is InChI=1S/C11H22N4O/c12-4-6-14(10-2-1-3-10)8-9-15-7-5-13-11(15)16/h10H,1-9,12H2,(H,13,16). The first-order valence-electron chi connectivity index (χ1n) is 6.28. The molecule has 2 rings (SSSR count). The molecule has 0 spiro atoms. The molecule has 0 aromatic heterocycles. The van der Waals surface area contributed by atoms with E-state index in [0.717, 1.165) is 32.7 Å². The molecule has 1 saturated heterocycles. The van der Waals surface area contributed by atoms with E-state index in [9.17, 15) is 4.79 Å². The van der Waals surface area contributed by atoms with Gasteiger partial charge in [-0.2, -0.15) is 0 Å². The molecule has 1 aliphatic carbocycles. The predicted molar refractivity (Wildman–Crippen MR) is 63.2 cm³/mol. The Bertz CT molecular complexity index is 242. The van der Waals surface area contributed by atoms with Crippen LogP contribution in [0.15, 0.2) is 0 Å². The lowest BCUT2D eigenvalue weighted by Crippen LogP contribution is -2.46. The molecule has 5 heteroatoms. The fourth-order valence-corrected chi connectivity index (χ4v) is 2.37. The molecule has 2 aliphatic rings. The van der Waals surface area contributed by atoms with Crippen molar-refractivity contribution >= 4 is 6.03 Å². The molecule has 1 heterocycles. The van der Waals surface area contributed by atoms with Gasteiger partial charge in [0.1, 0.15) is 0 Å². The van der Waals surface area contributed by atoms with E-state index in [1.807, 2.05) is 4.90 Å². The molecule has 0 unspecified atom stereocenters. The summed E-state index contributed by atoms with van der Waals surface area (Å²) in [5, 5.41) is 2.83. The summed E-state index contributed by atoms with van der Waals surface area (Å²) in [6.45, 7) is 5.11.